The summed E-state index contributed by atoms with van der Waals surface area (Å²) in [5.74, 6) is -0.299. The predicted octanol–water partition coefficient (Wildman–Crippen LogP) is 4.20. The van der Waals surface area contributed by atoms with E-state index in [9.17, 15) is 8.78 Å². The molecule has 0 unspecified atom stereocenters. The van der Waals surface area contributed by atoms with Crippen LogP contribution < -0.4 is 4.74 Å². The van der Waals surface area contributed by atoms with Crippen LogP contribution in [0, 0.1) is 11.6 Å². The van der Waals surface area contributed by atoms with Crippen molar-refractivity contribution in [3.05, 3.63) is 84.3 Å². The number of pyridine rings is 1. The van der Waals surface area contributed by atoms with Crippen molar-refractivity contribution in [3.8, 4) is 17.0 Å². The Balaban J connectivity index is 1.45. The molecule has 6 nitrogen and oxygen atoms in total. The number of benzene rings is 2. The van der Waals surface area contributed by atoms with Crippen LogP contribution in [0.4, 0.5) is 8.78 Å². The summed E-state index contributed by atoms with van der Waals surface area (Å²) in [6.07, 6.45) is 1.64. The van der Waals surface area contributed by atoms with Crippen LogP contribution >= 0.6 is 0 Å². The topological polar surface area (TPSA) is 65.2 Å². The molecule has 0 saturated carbocycles. The molecule has 29 heavy (non-hydrogen) atoms. The van der Waals surface area contributed by atoms with Crippen LogP contribution in [0.3, 0.4) is 0 Å². The average Bonchev–Trinajstić information content (AvgIpc) is 3.13. The van der Waals surface area contributed by atoms with Gasteiger partial charge in [0.25, 0.3) is 0 Å². The van der Waals surface area contributed by atoms with Gasteiger partial charge in [-0.2, -0.15) is 9.61 Å². The second kappa shape index (κ2) is 6.90. The Labute approximate surface area is 163 Å². The van der Waals surface area contributed by atoms with Crippen molar-refractivity contribution in [1.29, 1.82) is 0 Å². The molecule has 0 radical (unpaired) electrons. The molecule has 0 aliphatic heterocycles. The molecule has 0 aliphatic rings. The zero-order valence-electron chi connectivity index (χ0n) is 15.0. The van der Waals surface area contributed by atoms with E-state index in [4.69, 9.17) is 4.74 Å². The van der Waals surface area contributed by atoms with Crippen molar-refractivity contribution in [1.82, 2.24) is 24.8 Å². The highest BCUT2D eigenvalue weighted by molar-refractivity contribution is 5.79. The Morgan fingerprint density at radius 1 is 0.897 bits per heavy atom. The summed E-state index contributed by atoms with van der Waals surface area (Å²) in [6, 6.07) is 16.2. The predicted molar refractivity (Wildman–Crippen MR) is 102 cm³/mol. The molecule has 0 amide bonds. The largest absolute Gasteiger partial charge is 0.484 e. The molecule has 0 atom stereocenters. The molecule has 2 aromatic carbocycles. The van der Waals surface area contributed by atoms with Crippen molar-refractivity contribution in [2.75, 3.05) is 0 Å². The third-order valence-electron chi connectivity index (χ3n) is 4.42. The fourth-order valence-electron chi connectivity index (χ4n) is 3.06. The van der Waals surface area contributed by atoms with Gasteiger partial charge in [-0.3, -0.25) is 4.98 Å². The fraction of sp³-hybridized carbons (Fsp3) is 0.0476. The van der Waals surface area contributed by atoms with Crippen molar-refractivity contribution < 1.29 is 13.5 Å². The molecule has 0 fully saturated rings. The first-order valence-electron chi connectivity index (χ1n) is 8.81. The van der Waals surface area contributed by atoms with Gasteiger partial charge in [-0.1, -0.05) is 18.2 Å². The van der Waals surface area contributed by atoms with Gasteiger partial charge in [-0.15, -0.1) is 10.2 Å². The van der Waals surface area contributed by atoms with Gasteiger partial charge >= 0.3 is 0 Å². The SMILES string of the molecule is Fc1cc(F)cc(-c2ccc3nnc(COc4cnc5ccccc5c4)n3n2)c1. The smallest absolute Gasteiger partial charge is 0.192 e. The number of nitrogens with zero attached hydrogens (tertiary/aromatic N) is 5. The van der Waals surface area contributed by atoms with Gasteiger partial charge in [0.05, 0.1) is 17.4 Å². The van der Waals surface area contributed by atoms with E-state index in [-0.39, 0.29) is 6.61 Å². The van der Waals surface area contributed by atoms with Gasteiger partial charge in [0, 0.05) is 17.0 Å². The highest BCUT2D eigenvalue weighted by Crippen LogP contribution is 2.21. The molecule has 0 aliphatic carbocycles. The Morgan fingerprint density at radius 3 is 2.59 bits per heavy atom. The summed E-state index contributed by atoms with van der Waals surface area (Å²) >= 11 is 0. The Bertz CT molecular complexity index is 1330. The quantitative estimate of drug-likeness (QED) is 0.461. The first-order chi connectivity index (χ1) is 14.2. The van der Waals surface area contributed by atoms with Crippen LogP contribution in [0.2, 0.25) is 0 Å². The Kier molecular flexibility index (Phi) is 4.09. The van der Waals surface area contributed by atoms with Gasteiger partial charge in [0.15, 0.2) is 11.5 Å². The zero-order valence-corrected chi connectivity index (χ0v) is 15.0. The summed E-state index contributed by atoms with van der Waals surface area (Å²) in [4.78, 5) is 4.36. The summed E-state index contributed by atoms with van der Waals surface area (Å²) < 4.78 is 34.4. The number of fused-ring (bicyclic) bond motifs is 2. The van der Waals surface area contributed by atoms with Crippen LogP contribution in [0.1, 0.15) is 5.82 Å². The minimum atomic E-state index is -0.669. The molecule has 0 spiro atoms. The summed E-state index contributed by atoms with van der Waals surface area (Å²) in [5, 5.41) is 13.5. The van der Waals surface area contributed by atoms with Gasteiger partial charge < -0.3 is 4.74 Å². The van der Waals surface area contributed by atoms with Gasteiger partial charge in [0.2, 0.25) is 0 Å². The number of ether oxygens (including phenoxy) is 1. The first-order valence-corrected chi connectivity index (χ1v) is 8.81. The molecule has 142 valence electrons. The number of aromatic nitrogens is 5. The molecule has 0 N–H and O–H groups in total. The molecular formula is C21H13F2N5O. The molecule has 0 bridgehead atoms. The standard InChI is InChI=1S/C21H13F2N5O/c22-15-7-14(8-16(23)10-15)19-5-6-20-25-26-21(28(20)27-19)12-29-17-9-13-3-1-2-4-18(13)24-11-17/h1-11H,12H2. The fourth-order valence-corrected chi connectivity index (χ4v) is 3.06. The molecular weight excluding hydrogens is 376 g/mol. The third kappa shape index (κ3) is 3.36. The maximum atomic E-state index is 13.5. The van der Waals surface area contributed by atoms with E-state index in [0.29, 0.717) is 28.5 Å². The molecule has 0 saturated heterocycles. The number of rotatable bonds is 4. The number of hydrogen-bond donors (Lipinski definition) is 0. The maximum Gasteiger partial charge on any atom is 0.192 e. The lowest BCUT2D eigenvalue weighted by Gasteiger charge is -2.06. The zero-order chi connectivity index (χ0) is 19.8. The highest BCUT2D eigenvalue weighted by Gasteiger charge is 2.11. The summed E-state index contributed by atoms with van der Waals surface area (Å²) in [7, 11) is 0. The lowest BCUT2D eigenvalue weighted by molar-refractivity contribution is 0.292. The minimum absolute atomic E-state index is 0.106. The van der Waals surface area contributed by atoms with Crippen LogP contribution in [-0.2, 0) is 6.61 Å². The Hall–Kier alpha value is -3.94. The lowest BCUT2D eigenvalue weighted by atomic mass is 10.1. The van der Waals surface area contributed by atoms with Crippen LogP contribution in [-0.4, -0.2) is 24.8 Å². The number of halogens is 2. The second-order valence-corrected chi connectivity index (χ2v) is 6.42. The van der Waals surface area contributed by atoms with Crippen LogP contribution in [0.25, 0.3) is 27.8 Å². The van der Waals surface area contributed by atoms with E-state index in [2.05, 4.69) is 20.3 Å². The number of hydrogen-bond acceptors (Lipinski definition) is 5. The molecule has 5 aromatic rings. The van der Waals surface area contributed by atoms with E-state index in [0.717, 1.165) is 17.0 Å². The molecule has 5 rings (SSSR count). The average molecular weight is 389 g/mol. The van der Waals surface area contributed by atoms with E-state index < -0.39 is 11.6 Å². The monoisotopic (exact) mass is 389 g/mol. The van der Waals surface area contributed by atoms with Gasteiger partial charge in [-0.25, -0.2) is 8.78 Å². The molecule has 3 aromatic heterocycles. The van der Waals surface area contributed by atoms with E-state index in [1.54, 1.807) is 18.3 Å². The first kappa shape index (κ1) is 17.2. The molecule has 8 heteroatoms. The van der Waals surface area contributed by atoms with E-state index in [1.165, 1.54) is 16.6 Å². The maximum absolute atomic E-state index is 13.5. The van der Waals surface area contributed by atoms with Crippen molar-refractivity contribution >= 4 is 16.6 Å². The van der Waals surface area contributed by atoms with Crippen molar-refractivity contribution in [2.45, 2.75) is 6.61 Å². The van der Waals surface area contributed by atoms with Gasteiger partial charge in [-0.05, 0) is 36.4 Å². The van der Waals surface area contributed by atoms with E-state index in [1.807, 2.05) is 30.3 Å². The van der Waals surface area contributed by atoms with Gasteiger partial charge in [0.1, 0.15) is 24.0 Å². The lowest BCUT2D eigenvalue weighted by Crippen LogP contribution is -2.05. The van der Waals surface area contributed by atoms with Crippen molar-refractivity contribution in [2.24, 2.45) is 0 Å². The number of para-hydroxylation sites is 1. The second-order valence-electron chi connectivity index (χ2n) is 6.42. The third-order valence-corrected chi connectivity index (χ3v) is 4.42. The minimum Gasteiger partial charge on any atom is -0.484 e. The van der Waals surface area contributed by atoms with E-state index >= 15 is 0 Å². The van der Waals surface area contributed by atoms with Crippen molar-refractivity contribution in [3.63, 3.8) is 0 Å². The Morgan fingerprint density at radius 2 is 1.72 bits per heavy atom. The normalized spacial score (nSPS) is 11.2. The summed E-state index contributed by atoms with van der Waals surface area (Å²) in [5.41, 5.74) is 2.09. The van der Waals surface area contributed by atoms with Crippen LogP contribution in [0.15, 0.2) is 66.9 Å². The highest BCUT2D eigenvalue weighted by atomic mass is 19.1. The van der Waals surface area contributed by atoms with Crippen LogP contribution in [0.5, 0.6) is 5.75 Å². The molecule has 3 heterocycles. The summed E-state index contributed by atoms with van der Waals surface area (Å²) in [6.45, 7) is 0.106.